The summed E-state index contributed by atoms with van der Waals surface area (Å²) in [5.74, 6) is -0.468. The number of methoxy groups -OCH3 is 1. The van der Waals surface area contributed by atoms with Gasteiger partial charge in [-0.1, -0.05) is 0 Å². The van der Waals surface area contributed by atoms with Crippen molar-refractivity contribution in [3.05, 3.63) is 35.6 Å². The van der Waals surface area contributed by atoms with Gasteiger partial charge in [-0.2, -0.15) is 0 Å². The molecule has 2 rings (SSSR count). The maximum atomic E-state index is 12.8. The van der Waals surface area contributed by atoms with Gasteiger partial charge in [0.1, 0.15) is 5.82 Å². The van der Waals surface area contributed by atoms with Crippen LogP contribution in [0.15, 0.2) is 24.3 Å². The minimum atomic E-state index is -0.451. The number of carbonyl (C=O) groups excluding carboxylic acids is 2. The molecule has 1 aliphatic rings. The predicted molar refractivity (Wildman–Crippen MR) is 70.9 cm³/mol. The van der Waals surface area contributed by atoms with Crippen molar-refractivity contribution in [3.63, 3.8) is 0 Å². The molecule has 1 fully saturated rings. The molecule has 0 saturated carbocycles. The molecule has 1 saturated heterocycles. The minimum absolute atomic E-state index is 0.0275. The lowest BCUT2D eigenvalue weighted by molar-refractivity contribution is 0.0704. The van der Waals surface area contributed by atoms with Crippen LogP contribution in [0.5, 0.6) is 0 Å². The predicted octanol–water partition coefficient (Wildman–Crippen LogP) is 1.79. The maximum absolute atomic E-state index is 12.8. The van der Waals surface area contributed by atoms with Gasteiger partial charge < -0.3 is 15.0 Å². The number of rotatable bonds is 2. The summed E-state index contributed by atoms with van der Waals surface area (Å²) in [4.78, 5) is 25.0. The topological polar surface area (TPSA) is 58.6 Å². The van der Waals surface area contributed by atoms with Gasteiger partial charge in [-0.3, -0.25) is 4.79 Å². The summed E-state index contributed by atoms with van der Waals surface area (Å²) in [5, 5.41) is 2.73. The lowest BCUT2D eigenvalue weighted by Crippen LogP contribution is -2.46. The molecular weight excluding hydrogens is 263 g/mol. The fraction of sp³-hybridized carbons (Fsp3) is 0.429. The van der Waals surface area contributed by atoms with Crippen LogP contribution in [-0.4, -0.2) is 43.1 Å². The van der Waals surface area contributed by atoms with Gasteiger partial charge in [-0.15, -0.1) is 0 Å². The Hall–Kier alpha value is -2.11. The Morgan fingerprint density at radius 3 is 2.40 bits per heavy atom. The largest absolute Gasteiger partial charge is 0.453 e. The van der Waals surface area contributed by atoms with Crippen LogP contribution in [0, 0.1) is 5.82 Å². The fourth-order valence-electron chi connectivity index (χ4n) is 2.23. The first-order valence-corrected chi connectivity index (χ1v) is 6.49. The zero-order valence-corrected chi connectivity index (χ0v) is 11.3. The van der Waals surface area contributed by atoms with E-state index in [1.54, 1.807) is 4.90 Å². The molecule has 0 atom stereocenters. The Kier molecular flexibility index (Phi) is 4.55. The molecule has 6 heteroatoms. The third kappa shape index (κ3) is 3.46. The molecule has 0 spiro atoms. The number of ether oxygens (including phenoxy) is 1. The molecule has 1 aromatic rings. The summed E-state index contributed by atoms with van der Waals surface area (Å²) < 4.78 is 17.4. The summed E-state index contributed by atoms with van der Waals surface area (Å²) in [6.45, 7) is 1.12. The van der Waals surface area contributed by atoms with Gasteiger partial charge in [0.15, 0.2) is 0 Å². The Labute approximate surface area is 116 Å². The molecule has 1 N–H and O–H groups in total. The van der Waals surface area contributed by atoms with Gasteiger partial charge in [0.25, 0.3) is 5.91 Å². The number of alkyl carbamates (subject to hydrolysis) is 1. The van der Waals surface area contributed by atoms with Crippen LogP contribution in [0.4, 0.5) is 9.18 Å². The second-order valence-electron chi connectivity index (χ2n) is 4.71. The van der Waals surface area contributed by atoms with Crippen molar-refractivity contribution in [2.45, 2.75) is 18.9 Å². The van der Waals surface area contributed by atoms with Crippen LogP contribution in [0.25, 0.3) is 0 Å². The normalized spacial score (nSPS) is 15.8. The first-order chi connectivity index (χ1) is 9.60. The number of nitrogens with one attached hydrogen (secondary N) is 1. The Balaban J connectivity index is 1.88. The highest BCUT2D eigenvalue weighted by Gasteiger charge is 2.24. The summed E-state index contributed by atoms with van der Waals surface area (Å²) in [7, 11) is 1.32. The molecule has 0 bridgehead atoms. The molecule has 0 aliphatic carbocycles. The van der Waals surface area contributed by atoms with Gasteiger partial charge >= 0.3 is 6.09 Å². The number of amides is 2. The van der Waals surface area contributed by atoms with Crippen molar-refractivity contribution in [1.82, 2.24) is 10.2 Å². The second-order valence-corrected chi connectivity index (χ2v) is 4.71. The highest BCUT2D eigenvalue weighted by Crippen LogP contribution is 2.14. The zero-order valence-electron chi connectivity index (χ0n) is 11.3. The van der Waals surface area contributed by atoms with Crippen molar-refractivity contribution in [3.8, 4) is 0 Å². The number of hydrogen-bond donors (Lipinski definition) is 1. The lowest BCUT2D eigenvalue weighted by Gasteiger charge is -2.32. The molecule has 108 valence electrons. The zero-order chi connectivity index (χ0) is 14.5. The SMILES string of the molecule is COC(=O)NC1CCN(C(=O)c2ccc(F)cc2)CC1. The fourth-order valence-corrected chi connectivity index (χ4v) is 2.23. The summed E-state index contributed by atoms with van der Waals surface area (Å²) in [6.07, 6.45) is 0.915. The number of carbonyl (C=O) groups is 2. The maximum Gasteiger partial charge on any atom is 0.407 e. The number of benzene rings is 1. The van der Waals surface area contributed by atoms with Crippen molar-refractivity contribution in [2.75, 3.05) is 20.2 Å². The highest BCUT2D eigenvalue weighted by atomic mass is 19.1. The molecule has 0 aromatic heterocycles. The van der Waals surface area contributed by atoms with E-state index in [4.69, 9.17) is 0 Å². The summed E-state index contributed by atoms with van der Waals surface area (Å²) in [5.41, 5.74) is 0.478. The average molecular weight is 280 g/mol. The van der Waals surface area contributed by atoms with E-state index in [1.165, 1.54) is 31.4 Å². The Bertz CT molecular complexity index is 482. The molecule has 1 heterocycles. The third-order valence-electron chi connectivity index (χ3n) is 3.38. The summed E-state index contributed by atoms with van der Waals surface area (Å²) >= 11 is 0. The molecule has 0 radical (unpaired) electrons. The molecular formula is C14H17FN2O3. The molecule has 20 heavy (non-hydrogen) atoms. The molecule has 2 amide bonds. The smallest absolute Gasteiger partial charge is 0.407 e. The lowest BCUT2D eigenvalue weighted by atomic mass is 10.0. The van der Waals surface area contributed by atoms with Gasteiger partial charge in [0.05, 0.1) is 7.11 Å². The first-order valence-electron chi connectivity index (χ1n) is 6.49. The Morgan fingerprint density at radius 2 is 1.85 bits per heavy atom. The molecule has 5 nitrogen and oxygen atoms in total. The number of halogens is 1. The average Bonchev–Trinajstić information content (AvgIpc) is 2.48. The monoisotopic (exact) mass is 280 g/mol. The van der Waals surface area contributed by atoms with Crippen LogP contribution in [-0.2, 0) is 4.74 Å². The van der Waals surface area contributed by atoms with Crippen LogP contribution in [0.2, 0.25) is 0 Å². The van der Waals surface area contributed by atoms with Crippen molar-refractivity contribution in [1.29, 1.82) is 0 Å². The Morgan fingerprint density at radius 1 is 1.25 bits per heavy atom. The van der Waals surface area contributed by atoms with Gasteiger partial charge in [0.2, 0.25) is 0 Å². The van der Waals surface area contributed by atoms with Gasteiger partial charge in [0, 0.05) is 24.7 Å². The number of nitrogens with zero attached hydrogens (tertiary/aromatic N) is 1. The number of hydrogen-bond acceptors (Lipinski definition) is 3. The van der Waals surface area contributed by atoms with Crippen LogP contribution in [0.1, 0.15) is 23.2 Å². The van der Waals surface area contributed by atoms with E-state index in [1.807, 2.05) is 0 Å². The first kappa shape index (κ1) is 14.3. The van der Waals surface area contributed by atoms with E-state index < -0.39 is 6.09 Å². The molecule has 1 aliphatic heterocycles. The third-order valence-corrected chi connectivity index (χ3v) is 3.38. The van der Waals surface area contributed by atoms with E-state index in [2.05, 4.69) is 10.1 Å². The number of likely N-dealkylation sites (tertiary alicyclic amines) is 1. The van der Waals surface area contributed by atoms with Gasteiger partial charge in [-0.25, -0.2) is 9.18 Å². The van der Waals surface area contributed by atoms with Crippen LogP contribution < -0.4 is 5.32 Å². The van der Waals surface area contributed by atoms with E-state index in [0.717, 1.165) is 0 Å². The molecule has 1 aromatic carbocycles. The van der Waals surface area contributed by atoms with E-state index >= 15 is 0 Å². The van der Waals surface area contributed by atoms with E-state index in [-0.39, 0.29) is 17.8 Å². The second kappa shape index (κ2) is 6.36. The standard InChI is InChI=1S/C14H17FN2O3/c1-20-14(19)16-12-6-8-17(9-7-12)13(18)10-2-4-11(15)5-3-10/h2-5,12H,6-9H2,1H3,(H,16,19). The van der Waals surface area contributed by atoms with Crippen molar-refractivity contribution in [2.24, 2.45) is 0 Å². The van der Waals surface area contributed by atoms with Crippen molar-refractivity contribution >= 4 is 12.0 Å². The van der Waals surface area contributed by atoms with Crippen molar-refractivity contribution < 1.29 is 18.7 Å². The quantitative estimate of drug-likeness (QED) is 0.898. The van der Waals surface area contributed by atoms with Crippen LogP contribution in [0.3, 0.4) is 0 Å². The van der Waals surface area contributed by atoms with Crippen LogP contribution >= 0.6 is 0 Å². The highest BCUT2D eigenvalue weighted by molar-refractivity contribution is 5.94. The summed E-state index contributed by atoms with van der Waals surface area (Å²) in [6, 6.07) is 5.55. The van der Waals surface area contributed by atoms with E-state index in [9.17, 15) is 14.0 Å². The minimum Gasteiger partial charge on any atom is -0.453 e. The number of piperidine rings is 1. The molecule has 0 unspecified atom stereocenters. The van der Waals surface area contributed by atoms with E-state index in [0.29, 0.717) is 31.5 Å². The van der Waals surface area contributed by atoms with Gasteiger partial charge in [-0.05, 0) is 37.1 Å².